The lowest BCUT2D eigenvalue weighted by Crippen LogP contribution is -2.46. The summed E-state index contributed by atoms with van der Waals surface area (Å²) in [6.45, 7) is 2.98. The molecule has 1 aromatic rings. The molecule has 7 heteroatoms. The first kappa shape index (κ1) is 15.8. The summed E-state index contributed by atoms with van der Waals surface area (Å²) in [6, 6.07) is 3.65. The second-order valence-electron chi connectivity index (χ2n) is 5.41. The minimum atomic E-state index is -0.497. The lowest BCUT2D eigenvalue weighted by Gasteiger charge is -2.33. The minimum Gasteiger partial charge on any atom is -0.471 e. The van der Waals surface area contributed by atoms with Crippen LogP contribution in [0.4, 0.5) is 5.82 Å². The van der Waals surface area contributed by atoms with Crippen molar-refractivity contribution < 1.29 is 9.53 Å². The van der Waals surface area contributed by atoms with Crippen LogP contribution in [-0.2, 0) is 4.79 Å². The van der Waals surface area contributed by atoms with Gasteiger partial charge in [0.1, 0.15) is 11.5 Å². The zero-order chi connectivity index (χ0) is 15.4. The Morgan fingerprint density at radius 3 is 2.81 bits per heavy atom. The van der Waals surface area contributed by atoms with Crippen molar-refractivity contribution >= 4 is 23.3 Å². The van der Waals surface area contributed by atoms with E-state index in [9.17, 15) is 4.79 Å². The maximum atomic E-state index is 11.9. The Labute approximate surface area is 130 Å². The molecule has 21 heavy (non-hydrogen) atoms. The molecule has 0 radical (unpaired) electrons. The number of hydrogen-bond acceptors (Lipinski definition) is 5. The van der Waals surface area contributed by atoms with E-state index < -0.39 is 5.38 Å². The van der Waals surface area contributed by atoms with Gasteiger partial charge in [-0.05, 0) is 25.8 Å². The first-order valence-corrected chi connectivity index (χ1v) is 7.51. The van der Waals surface area contributed by atoms with Gasteiger partial charge in [-0.25, -0.2) is 0 Å². The first-order chi connectivity index (χ1) is 9.97. The highest BCUT2D eigenvalue weighted by molar-refractivity contribution is 6.30. The zero-order valence-corrected chi connectivity index (χ0v) is 13.4. The van der Waals surface area contributed by atoms with E-state index in [1.54, 1.807) is 17.9 Å². The van der Waals surface area contributed by atoms with Gasteiger partial charge >= 0.3 is 0 Å². The van der Waals surface area contributed by atoms with E-state index >= 15 is 0 Å². The van der Waals surface area contributed by atoms with Crippen molar-refractivity contribution in [2.45, 2.75) is 31.2 Å². The molecule has 0 bridgehead atoms. The summed E-state index contributed by atoms with van der Waals surface area (Å²) in [4.78, 5) is 15.6. The van der Waals surface area contributed by atoms with E-state index in [1.807, 2.05) is 25.1 Å². The number of anilines is 1. The number of nitrogens with zero attached hydrogens (tertiary/aromatic N) is 4. The van der Waals surface area contributed by atoms with Crippen LogP contribution in [0.3, 0.4) is 0 Å². The predicted octanol–water partition coefficient (Wildman–Crippen LogP) is 1.54. The Balaban J connectivity index is 1.94. The monoisotopic (exact) mass is 312 g/mol. The number of likely N-dealkylation sites (tertiary alicyclic amines) is 1. The van der Waals surface area contributed by atoms with Crippen molar-refractivity contribution in [1.82, 2.24) is 15.1 Å². The molecule has 1 amide bonds. The number of carbonyl (C=O) groups excluding carboxylic acids is 1. The van der Waals surface area contributed by atoms with E-state index in [-0.39, 0.29) is 12.0 Å². The van der Waals surface area contributed by atoms with E-state index in [0.29, 0.717) is 12.4 Å². The zero-order valence-electron chi connectivity index (χ0n) is 12.6. The normalized spacial score (nSPS) is 20.0. The molecule has 0 N–H and O–H groups in total. The number of rotatable bonds is 4. The van der Waals surface area contributed by atoms with Crippen LogP contribution in [0.15, 0.2) is 12.1 Å². The van der Waals surface area contributed by atoms with E-state index in [4.69, 9.17) is 16.3 Å². The largest absolute Gasteiger partial charge is 0.471 e. The van der Waals surface area contributed by atoms with Crippen molar-refractivity contribution in [3.05, 3.63) is 12.1 Å². The number of aromatic nitrogens is 2. The van der Waals surface area contributed by atoms with E-state index in [2.05, 4.69) is 10.2 Å². The van der Waals surface area contributed by atoms with Crippen LogP contribution in [0.1, 0.15) is 19.8 Å². The first-order valence-electron chi connectivity index (χ1n) is 7.08. The molecule has 2 atom stereocenters. The van der Waals surface area contributed by atoms with Gasteiger partial charge in [0.05, 0.1) is 6.54 Å². The fourth-order valence-corrected chi connectivity index (χ4v) is 2.41. The predicted molar refractivity (Wildman–Crippen MR) is 81.9 cm³/mol. The van der Waals surface area contributed by atoms with Crippen LogP contribution in [0.2, 0.25) is 0 Å². The maximum Gasteiger partial charge on any atom is 0.240 e. The van der Waals surface area contributed by atoms with Gasteiger partial charge < -0.3 is 14.5 Å². The van der Waals surface area contributed by atoms with Gasteiger partial charge in [-0.2, -0.15) is 0 Å². The molecule has 116 valence electrons. The summed E-state index contributed by atoms with van der Waals surface area (Å²) in [5.41, 5.74) is 0. The van der Waals surface area contributed by atoms with Crippen molar-refractivity contribution in [3.8, 4) is 5.88 Å². The third-order valence-electron chi connectivity index (χ3n) is 3.40. The van der Waals surface area contributed by atoms with Crippen molar-refractivity contribution in [3.63, 3.8) is 0 Å². The van der Waals surface area contributed by atoms with E-state index in [1.165, 1.54) is 0 Å². The summed E-state index contributed by atoms with van der Waals surface area (Å²) in [5.74, 6) is 1.22. The molecule has 6 nitrogen and oxygen atoms in total. The third-order valence-corrected chi connectivity index (χ3v) is 3.59. The van der Waals surface area contributed by atoms with E-state index in [0.717, 1.165) is 25.2 Å². The Morgan fingerprint density at radius 2 is 2.24 bits per heavy atom. The lowest BCUT2D eigenvalue weighted by molar-refractivity contribution is -0.133. The molecule has 2 rings (SSSR count). The molecular formula is C14H21ClN4O2. The molecule has 1 aliphatic rings. The molecule has 0 saturated carbocycles. The second kappa shape index (κ2) is 6.93. The molecular weight excluding hydrogens is 292 g/mol. The highest BCUT2D eigenvalue weighted by atomic mass is 35.5. The molecule has 2 unspecified atom stereocenters. The van der Waals surface area contributed by atoms with Crippen LogP contribution in [0.25, 0.3) is 0 Å². The molecule has 2 heterocycles. The van der Waals surface area contributed by atoms with Crippen LogP contribution in [-0.4, -0.2) is 59.7 Å². The second-order valence-corrected chi connectivity index (χ2v) is 6.06. The molecule has 1 aliphatic heterocycles. The van der Waals surface area contributed by atoms with Crippen LogP contribution >= 0.6 is 11.6 Å². The third kappa shape index (κ3) is 4.20. The smallest absolute Gasteiger partial charge is 0.240 e. The Hall–Kier alpha value is -1.56. The van der Waals surface area contributed by atoms with Gasteiger partial charge in [-0.15, -0.1) is 21.8 Å². The van der Waals surface area contributed by atoms with Gasteiger partial charge in [0, 0.05) is 26.7 Å². The summed E-state index contributed by atoms with van der Waals surface area (Å²) in [6.07, 6.45) is 1.75. The van der Waals surface area contributed by atoms with Crippen molar-refractivity contribution in [2.24, 2.45) is 0 Å². The van der Waals surface area contributed by atoms with Gasteiger partial charge in [0.2, 0.25) is 11.8 Å². The number of halogens is 1. The number of piperidine rings is 1. The quantitative estimate of drug-likeness (QED) is 0.789. The Kier molecular flexibility index (Phi) is 5.22. The molecule has 1 fully saturated rings. The summed E-state index contributed by atoms with van der Waals surface area (Å²) < 4.78 is 5.82. The number of ether oxygens (including phenoxy) is 1. The molecule has 0 spiro atoms. The van der Waals surface area contributed by atoms with Crippen molar-refractivity contribution in [2.75, 3.05) is 32.1 Å². The summed E-state index contributed by atoms with van der Waals surface area (Å²) in [7, 11) is 3.81. The van der Waals surface area contributed by atoms with Gasteiger partial charge in [0.25, 0.3) is 0 Å². The van der Waals surface area contributed by atoms with Gasteiger partial charge in [-0.3, -0.25) is 4.79 Å². The fourth-order valence-electron chi connectivity index (χ4n) is 2.27. The summed E-state index contributed by atoms with van der Waals surface area (Å²) in [5, 5.41) is 7.63. The minimum absolute atomic E-state index is 0.0426. The summed E-state index contributed by atoms with van der Waals surface area (Å²) >= 11 is 5.86. The topological polar surface area (TPSA) is 58.6 Å². The van der Waals surface area contributed by atoms with Crippen LogP contribution in [0, 0.1) is 0 Å². The Bertz CT molecular complexity index is 478. The van der Waals surface area contributed by atoms with Crippen LogP contribution in [0.5, 0.6) is 5.88 Å². The standard InChI is InChI=1S/C14H21ClN4O2/c1-10(15)14(20)19-8-4-5-11(9-19)21-13-7-6-12(16-17-13)18(2)3/h6-7,10-11H,4-5,8-9H2,1-3H3. The SMILES string of the molecule is CC(Cl)C(=O)N1CCCC(Oc2ccc(N(C)C)nn2)C1. The lowest BCUT2D eigenvalue weighted by atomic mass is 10.1. The van der Waals surface area contributed by atoms with Gasteiger partial charge in [-0.1, -0.05) is 0 Å². The Morgan fingerprint density at radius 1 is 1.48 bits per heavy atom. The highest BCUT2D eigenvalue weighted by Crippen LogP contribution is 2.18. The molecule has 1 aromatic heterocycles. The van der Waals surface area contributed by atoms with Crippen molar-refractivity contribution in [1.29, 1.82) is 0 Å². The highest BCUT2D eigenvalue weighted by Gasteiger charge is 2.27. The van der Waals surface area contributed by atoms with Gasteiger partial charge in [0.15, 0.2) is 5.82 Å². The number of amides is 1. The average Bonchev–Trinajstić information content (AvgIpc) is 2.47. The number of alkyl halides is 1. The average molecular weight is 313 g/mol. The molecule has 0 aromatic carbocycles. The molecule has 1 saturated heterocycles. The number of carbonyl (C=O) groups is 1. The fraction of sp³-hybridized carbons (Fsp3) is 0.643. The molecule has 0 aliphatic carbocycles. The van der Waals surface area contributed by atoms with Crippen LogP contribution < -0.4 is 9.64 Å². The maximum absolute atomic E-state index is 11.9. The number of hydrogen-bond donors (Lipinski definition) is 0.